The Morgan fingerprint density at radius 3 is 1.70 bits per heavy atom. The number of thioether (sulfide) groups is 2. The molecule has 0 amide bonds. The minimum Gasteiger partial charge on any atom is -0.453 e. The fourth-order valence-corrected chi connectivity index (χ4v) is 1.88. The Bertz CT molecular complexity index is 186. The molecule has 0 radical (unpaired) electrons. The number of hydrogen-bond acceptors (Lipinski definition) is 4. The number of ether oxygens (including phenoxy) is 2. The van der Waals surface area contributed by atoms with Crippen LogP contribution >= 0.6 is 23.5 Å². The average molecular weight is 172 g/mol. The lowest BCUT2D eigenvalue weighted by Gasteiger charge is -1.99. The first-order valence-electron chi connectivity index (χ1n) is 2.68. The molecule has 0 fully saturated rings. The van der Waals surface area contributed by atoms with Crippen LogP contribution in [0.5, 0.6) is 0 Å². The number of hydrogen-bond donors (Lipinski definition) is 0. The van der Waals surface area contributed by atoms with Crippen LogP contribution in [0.3, 0.4) is 0 Å². The fourth-order valence-electron chi connectivity index (χ4n) is 0.606. The van der Waals surface area contributed by atoms with Crippen LogP contribution in [-0.4, -0.2) is 0 Å². The molecule has 2 aliphatic heterocycles. The lowest BCUT2D eigenvalue weighted by atomic mass is 11.0. The van der Waals surface area contributed by atoms with Crippen LogP contribution in [0, 0.1) is 0 Å². The van der Waals surface area contributed by atoms with Crippen molar-refractivity contribution < 1.29 is 9.47 Å². The number of rotatable bonds is 0. The molecule has 0 spiro atoms. The van der Waals surface area contributed by atoms with Gasteiger partial charge in [0.15, 0.2) is 0 Å². The molecule has 52 valence electrons. The molecule has 0 unspecified atom stereocenters. The first-order chi connectivity index (χ1) is 4.97. The van der Waals surface area contributed by atoms with Crippen LogP contribution in [-0.2, 0) is 9.47 Å². The van der Waals surface area contributed by atoms with Crippen molar-refractivity contribution in [3.63, 3.8) is 0 Å². The largest absolute Gasteiger partial charge is 0.453 e. The molecule has 2 aliphatic rings. The highest BCUT2D eigenvalue weighted by molar-refractivity contribution is 8.09. The molecular weight excluding hydrogens is 168 g/mol. The topological polar surface area (TPSA) is 18.5 Å². The van der Waals surface area contributed by atoms with Crippen LogP contribution in [0.25, 0.3) is 0 Å². The van der Waals surface area contributed by atoms with Crippen molar-refractivity contribution in [2.24, 2.45) is 0 Å². The highest BCUT2D eigenvalue weighted by Crippen LogP contribution is 2.37. The summed E-state index contributed by atoms with van der Waals surface area (Å²) >= 11 is 3.06. The third-order valence-electron chi connectivity index (χ3n) is 0.978. The summed E-state index contributed by atoms with van der Waals surface area (Å²) in [5, 5.41) is 5.42. The highest BCUT2D eigenvalue weighted by atomic mass is 32.2. The molecule has 0 aromatic carbocycles. The first-order valence-corrected chi connectivity index (χ1v) is 4.44. The Balaban J connectivity index is 2.14. The van der Waals surface area contributed by atoms with E-state index in [9.17, 15) is 0 Å². The SMILES string of the molecule is C1=CS/C(=C2\OC=CS2)O1. The molecule has 0 atom stereocenters. The van der Waals surface area contributed by atoms with E-state index in [4.69, 9.17) is 9.47 Å². The van der Waals surface area contributed by atoms with Gasteiger partial charge in [0, 0.05) is 10.8 Å². The van der Waals surface area contributed by atoms with Crippen LogP contribution in [0.15, 0.2) is 33.5 Å². The van der Waals surface area contributed by atoms with Gasteiger partial charge >= 0.3 is 0 Å². The lowest BCUT2D eigenvalue weighted by molar-refractivity contribution is 0.333. The van der Waals surface area contributed by atoms with Gasteiger partial charge in [-0.2, -0.15) is 0 Å². The summed E-state index contributed by atoms with van der Waals surface area (Å²) < 4.78 is 10.2. The second-order valence-corrected chi connectivity index (χ2v) is 3.35. The van der Waals surface area contributed by atoms with Gasteiger partial charge in [0.25, 0.3) is 0 Å². The van der Waals surface area contributed by atoms with Crippen molar-refractivity contribution in [3.8, 4) is 0 Å². The van der Waals surface area contributed by atoms with Gasteiger partial charge in [0.2, 0.25) is 10.2 Å². The van der Waals surface area contributed by atoms with Gasteiger partial charge in [0.1, 0.15) is 0 Å². The zero-order chi connectivity index (χ0) is 6.81. The Kier molecular flexibility index (Phi) is 1.65. The second-order valence-electron chi connectivity index (χ2n) is 1.59. The van der Waals surface area contributed by atoms with E-state index in [1.54, 1.807) is 12.5 Å². The zero-order valence-electron chi connectivity index (χ0n) is 4.94. The molecule has 0 saturated carbocycles. The molecule has 2 rings (SSSR count). The molecular formula is C6H4O2S2. The Hall–Kier alpha value is -0.480. The third kappa shape index (κ3) is 1.04. The van der Waals surface area contributed by atoms with Crippen LogP contribution in [0.2, 0.25) is 0 Å². The molecule has 0 bridgehead atoms. The summed E-state index contributed by atoms with van der Waals surface area (Å²) in [6, 6.07) is 0. The zero-order valence-corrected chi connectivity index (χ0v) is 6.58. The summed E-state index contributed by atoms with van der Waals surface area (Å²) in [5.41, 5.74) is 0. The second kappa shape index (κ2) is 2.64. The van der Waals surface area contributed by atoms with Crippen LogP contribution in [0.1, 0.15) is 0 Å². The first kappa shape index (κ1) is 6.24. The van der Waals surface area contributed by atoms with Crippen molar-refractivity contribution in [2.75, 3.05) is 0 Å². The Morgan fingerprint density at radius 2 is 1.40 bits per heavy atom. The minimum atomic E-state index is 0.829. The van der Waals surface area contributed by atoms with Gasteiger partial charge in [-0.15, -0.1) is 0 Å². The molecule has 10 heavy (non-hydrogen) atoms. The fraction of sp³-hybridized carbons (Fsp3) is 0. The van der Waals surface area contributed by atoms with Gasteiger partial charge in [0.05, 0.1) is 12.5 Å². The van der Waals surface area contributed by atoms with Crippen molar-refractivity contribution in [3.05, 3.63) is 33.5 Å². The van der Waals surface area contributed by atoms with Crippen molar-refractivity contribution in [2.45, 2.75) is 0 Å². The van der Waals surface area contributed by atoms with Gasteiger partial charge in [-0.3, -0.25) is 0 Å². The van der Waals surface area contributed by atoms with E-state index >= 15 is 0 Å². The Morgan fingerprint density at radius 1 is 0.900 bits per heavy atom. The van der Waals surface area contributed by atoms with E-state index in [0.717, 1.165) is 10.2 Å². The monoisotopic (exact) mass is 172 g/mol. The van der Waals surface area contributed by atoms with Crippen LogP contribution in [0.4, 0.5) is 0 Å². The predicted molar refractivity (Wildman–Crippen MR) is 42.7 cm³/mol. The highest BCUT2D eigenvalue weighted by Gasteiger charge is 2.14. The van der Waals surface area contributed by atoms with E-state index in [2.05, 4.69) is 0 Å². The summed E-state index contributed by atoms with van der Waals surface area (Å²) in [4.78, 5) is 0. The van der Waals surface area contributed by atoms with Gasteiger partial charge in [-0.1, -0.05) is 23.5 Å². The van der Waals surface area contributed by atoms with Gasteiger partial charge < -0.3 is 9.47 Å². The summed E-state index contributed by atoms with van der Waals surface area (Å²) in [6.07, 6.45) is 3.30. The molecule has 0 aliphatic carbocycles. The average Bonchev–Trinajstić information content (AvgIpc) is 2.59. The van der Waals surface area contributed by atoms with Crippen molar-refractivity contribution in [1.82, 2.24) is 0 Å². The van der Waals surface area contributed by atoms with Crippen molar-refractivity contribution in [1.29, 1.82) is 0 Å². The molecule has 2 heterocycles. The molecule has 2 nitrogen and oxygen atoms in total. The minimum absolute atomic E-state index is 0.829. The molecule has 0 aromatic heterocycles. The maximum atomic E-state index is 5.11. The maximum Gasteiger partial charge on any atom is 0.213 e. The van der Waals surface area contributed by atoms with E-state index in [0.29, 0.717) is 0 Å². The molecule has 4 heteroatoms. The van der Waals surface area contributed by atoms with E-state index in [1.165, 1.54) is 23.5 Å². The third-order valence-corrected chi connectivity index (χ3v) is 2.59. The standard InChI is InChI=1S/C6H4O2S2/c1-3-9-5(7-1)6-8-2-4-10-6/h1-4H/b6-5+. The van der Waals surface area contributed by atoms with E-state index < -0.39 is 0 Å². The quantitative estimate of drug-likeness (QED) is 0.558. The summed E-state index contributed by atoms with van der Waals surface area (Å²) in [5.74, 6) is 0. The predicted octanol–water partition coefficient (Wildman–Crippen LogP) is 2.58. The van der Waals surface area contributed by atoms with Crippen LogP contribution < -0.4 is 0 Å². The molecule has 0 saturated heterocycles. The normalized spacial score (nSPS) is 28.8. The van der Waals surface area contributed by atoms with Gasteiger partial charge in [-0.05, 0) is 0 Å². The van der Waals surface area contributed by atoms with E-state index in [1.807, 2.05) is 10.8 Å². The molecule has 0 N–H and O–H groups in total. The molecule has 0 aromatic rings. The lowest BCUT2D eigenvalue weighted by Crippen LogP contribution is -1.79. The van der Waals surface area contributed by atoms with Crippen molar-refractivity contribution >= 4 is 23.5 Å². The summed E-state index contributed by atoms with van der Waals surface area (Å²) in [7, 11) is 0. The van der Waals surface area contributed by atoms with Gasteiger partial charge in [-0.25, -0.2) is 0 Å². The summed E-state index contributed by atoms with van der Waals surface area (Å²) in [6.45, 7) is 0. The smallest absolute Gasteiger partial charge is 0.213 e. The maximum absolute atomic E-state index is 5.11. The Labute approximate surface area is 67.0 Å². The van der Waals surface area contributed by atoms with E-state index in [-0.39, 0.29) is 0 Å².